The number of amides is 4. The Morgan fingerprint density at radius 2 is 1.75 bits per heavy atom. The van der Waals surface area contributed by atoms with Gasteiger partial charge in [-0.25, -0.2) is 9.69 Å². The fraction of sp³-hybridized carbons (Fsp3) is 0.346. The summed E-state index contributed by atoms with van der Waals surface area (Å²) in [5.74, 6) is -0.963. The first-order valence-corrected chi connectivity index (χ1v) is 11.0. The number of nitrogens with zero attached hydrogens (tertiary/aromatic N) is 2. The lowest BCUT2D eigenvalue weighted by molar-refractivity contribution is -0.122. The van der Waals surface area contributed by atoms with Gasteiger partial charge in [0.1, 0.15) is 5.57 Å². The lowest BCUT2D eigenvalue weighted by atomic mass is 9.78. The number of fused-ring (bicyclic) bond motifs is 1. The maximum atomic E-state index is 13.1. The predicted molar refractivity (Wildman–Crippen MR) is 127 cm³/mol. The highest BCUT2D eigenvalue weighted by molar-refractivity contribution is 6.39. The number of carbonyl (C=O) groups excluding carboxylic acids is 3. The molecule has 2 aromatic carbocycles. The van der Waals surface area contributed by atoms with Gasteiger partial charge in [0.05, 0.1) is 5.69 Å². The second-order valence-corrected chi connectivity index (χ2v) is 9.49. The average Bonchev–Trinajstić information content (AvgIpc) is 2.71. The highest BCUT2D eigenvalue weighted by Gasteiger charge is 2.39. The van der Waals surface area contributed by atoms with E-state index in [0.717, 1.165) is 16.9 Å². The summed E-state index contributed by atoms with van der Waals surface area (Å²) >= 11 is 0. The van der Waals surface area contributed by atoms with Gasteiger partial charge in [-0.2, -0.15) is 0 Å². The van der Waals surface area contributed by atoms with Crippen LogP contribution >= 0.6 is 0 Å². The van der Waals surface area contributed by atoms with Gasteiger partial charge in [-0.05, 0) is 81.5 Å². The van der Waals surface area contributed by atoms with E-state index in [4.69, 9.17) is 0 Å². The number of rotatable bonds is 3. The highest BCUT2D eigenvalue weighted by atomic mass is 16.2. The van der Waals surface area contributed by atoms with Crippen LogP contribution in [0.1, 0.15) is 58.1 Å². The number of imide groups is 2. The van der Waals surface area contributed by atoms with Gasteiger partial charge in [0.15, 0.2) is 0 Å². The topological polar surface area (TPSA) is 69.7 Å². The Balaban J connectivity index is 1.74. The van der Waals surface area contributed by atoms with Gasteiger partial charge >= 0.3 is 6.03 Å². The molecule has 4 amide bonds. The number of anilines is 2. The Morgan fingerprint density at radius 3 is 2.41 bits per heavy atom. The zero-order chi connectivity index (χ0) is 23.2. The van der Waals surface area contributed by atoms with Gasteiger partial charge in [-0.3, -0.25) is 14.9 Å². The summed E-state index contributed by atoms with van der Waals surface area (Å²) in [4.78, 5) is 41.4. The summed E-state index contributed by atoms with van der Waals surface area (Å²) < 4.78 is 0. The average molecular weight is 432 g/mol. The monoisotopic (exact) mass is 431 g/mol. The normalized spacial score (nSPS) is 21.8. The summed E-state index contributed by atoms with van der Waals surface area (Å²) in [5, 5.41) is 2.28. The number of urea groups is 1. The van der Waals surface area contributed by atoms with Crippen LogP contribution in [0, 0.1) is 0 Å². The Bertz CT molecular complexity index is 1120. The van der Waals surface area contributed by atoms with E-state index in [-0.39, 0.29) is 11.1 Å². The molecule has 0 radical (unpaired) electrons. The van der Waals surface area contributed by atoms with Crippen LogP contribution in [-0.2, 0) is 9.59 Å². The van der Waals surface area contributed by atoms with Crippen molar-refractivity contribution < 1.29 is 14.4 Å². The molecule has 2 heterocycles. The number of benzene rings is 2. The van der Waals surface area contributed by atoms with Crippen molar-refractivity contribution in [1.29, 1.82) is 0 Å². The van der Waals surface area contributed by atoms with Crippen molar-refractivity contribution >= 4 is 35.3 Å². The Hall–Kier alpha value is -3.41. The summed E-state index contributed by atoms with van der Waals surface area (Å²) in [7, 11) is 0. The van der Waals surface area contributed by atoms with E-state index in [1.807, 2.05) is 6.07 Å². The fourth-order valence-corrected chi connectivity index (χ4v) is 5.17. The molecule has 2 aliphatic heterocycles. The van der Waals surface area contributed by atoms with Crippen LogP contribution in [0.4, 0.5) is 16.2 Å². The standard InChI is InChI=1S/C26H29N3O3/c1-16(2)29-22-12-11-18(13-20(22)17(3)15-26(29,4)5)14-21-23(30)27-25(32)28(24(21)31)19-9-7-6-8-10-19/h6-14,16-17H,15H2,1-5H3,(H,27,30,32)/b21-14+/t17-/m0/s1. The molecule has 1 saturated heterocycles. The third kappa shape index (κ3) is 3.70. The minimum absolute atomic E-state index is 0.0380. The van der Waals surface area contributed by atoms with E-state index in [1.54, 1.807) is 36.4 Å². The largest absolute Gasteiger partial charge is 0.364 e. The molecule has 1 N–H and O–H groups in total. The number of nitrogens with one attached hydrogen (secondary N) is 1. The minimum atomic E-state index is -0.739. The third-order valence-corrected chi connectivity index (χ3v) is 6.24. The van der Waals surface area contributed by atoms with Crippen molar-refractivity contribution in [1.82, 2.24) is 5.32 Å². The van der Waals surface area contributed by atoms with Crippen LogP contribution in [0.15, 0.2) is 54.1 Å². The molecule has 0 bridgehead atoms. The van der Waals surface area contributed by atoms with Gasteiger partial charge in [0.25, 0.3) is 11.8 Å². The number of barbiturate groups is 1. The molecular formula is C26H29N3O3. The van der Waals surface area contributed by atoms with Gasteiger partial charge in [-0.1, -0.05) is 31.2 Å². The maximum Gasteiger partial charge on any atom is 0.335 e. The van der Waals surface area contributed by atoms with E-state index in [9.17, 15) is 14.4 Å². The molecule has 2 aromatic rings. The number of hydrogen-bond acceptors (Lipinski definition) is 4. The summed E-state index contributed by atoms with van der Waals surface area (Å²) in [6.45, 7) is 11.1. The molecule has 1 atom stereocenters. The van der Waals surface area contributed by atoms with E-state index in [2.05, 4.69) is 57.0 Å². The first kappa shape index (κ1) is 21.8. The highest BCUT2D eigenvalue weighted by Crippen LogP contribution is 2.44. The molecule has 166 valence electrons. The van der Waals surface area contributed by atoms with Crippen LogP contribution in [0.5, 0.6) is 0 Å². The lowest BCUT2D eigenvalue weighted by Gasteiger charge is -2.50. The molecule has 0 saturated carbocycles. The van der Waals surface area contributed by atoms with Crippen molar-refractivity contribution in [2.45, 2.75) is 58.5 Å². The van der Waals surface area contributed by atoms with E-state index in [1.165, 1.54) is 11.3 Å². The van der Waals surface area contributed by atoms with Gasteiger partial charge in [0, 0.05) is 17.3 Å². The minimum Gasteiger partial charge on any atom is -0.364 e. The van der Waals surface area contributed by atoms with Crippen LogP contribution < -0.4 is 15.1 Å². The second kappa shape index (κ2) is 7.93. The molecule has 0 aromatic heterocycles. The van der Waals surface area contributed by atoms with Crippen LogP contribution in [0.25, 0.3) is 6.08 Å². The molecule has 0 unspecified atom stereocenters. The summed E-state index contributed by atoms with van der Waals surface area (Å²) in [6, 6.07) is 14.3. The first-order valence-electron chi connectivity index (χ1n) is 11.0. The molecular weight excluding hydrogens is 402 g/mol. The number of carbonyl (C=O) groups is 3. The first-order chi connectivity index (χ1) is 15.1. The summed E-state index contributed by atoms with van der Waals surface area (Å²) in [6.07, 6.45) is 2.58. The van der Waals surface area contributed by atoms with Crippen LogP contribution in [-0.4, -0.2) is 29.4 Å². The smallest absolute Gasteiger partial charge is 0.335 e. The molecule has 1 fully saturated rings. The zero-order valence-electron chi connectivity index (χ0n) is 19.2. The Kier molecular flexibility index (Phi) is 5.41. The fourth-order valence-electron chi connectivity index (χ4n) is 5.17. The van der Waals surface area contributed by atoms with Crippen molar-refractivity contribution in [2.24, 2.45) is 0 Å². The Morgan fingerprint density at radius 1 is 1.06 bits per heavy atom. The molecule has 0 spiro atoms. The molecule has 32 heavy (non-hydrogen) atoms. The number of para-hydroxylation sites is 1. The van der Waals surface area contributed by atoms with E-state index >= 15 is 0 Å². The van der Waals surface area contributed by atoms with Crippen molar-refractivity contribution in [3.8, 4) is 0 Å². The summed E-state index contributed by atoms with van der Waals surface area (Å²) in [5.41, 5.74) is 3.55. The van der Waals surface area contributed by atoms with Gasteiger partial charge in [-0.15, -0.1) is 0 Å². The van der Waals surface area contributed by atoms with Gasteiger partial charge < -0.3 is 4.90 Å². The lowest BCUT2D eigenvalue weighted by Crippen LogP contribution is -2.54. The second-order valence-electron chi connectivity index (χ2n) is 9.49. The van der Waals surface area contributed by atoms with E-state index in [0.29, 0.717) is 17.6 Å². The molecule has 2 aliphatic rings. The molecule has 4 rings (SSSR count). The molecule has 0 aliphatic carbocycles. The number of hydrogen-bond donors (Lipinski definition) is 1. The van der Waals surface area contributed by atoms with E-state index < -0.39 is 17.8 Å². The third-order valence-electron chi connectivity index (χ3n) is 6.24. The zero-order valence-corrected chi connectivity index (χ0v) is 19.2. The predicted octanol–water partition coefficient (Wildman–Crippen LogP) is 4.85. The van der Waals surface area contributed by atoms with Gasteiger partial charge in [0.2, 0.25) is 0 Å². The Labute approximate surface area is 188 Å². The molecule has 6 heteroatoms. The van der Waals surface area contributed by atoms with Crippen LogP contribution in [0.2, 0.25) is 0 Å². The quantitative estimate of drug-likeness (QED) is 0.557. The van der Waals surface area contributed by atoms with Crippen molar-refractivity contribution in [3.63, 3.8) is 0 Å². The van der Waals surface area contributed by atoms with Crippen molar-refractivity contribution in [3.05, 3.63) is 65.2 Å². The molecule has 6 nitrogen and oxygen atoms in total. The SMILES string of the molecule is CC(C)N1c2ccc(/C=C3\C(=O)NC(=O)N(c4ccccc4)C3=O)cc2[C@@H](C)CC1(C)C. The van der Waals surface area contributed by atoms with Crippen LogP contribution in [0.3, 0.4) is 0 Å². The van der Waals surface area contributed by atoms with Crippen molar-refractivity contribution in [2.75, 3.05) is 9.80 Å². The maximum absolute atomic E-state index is 13.1.